The number of aromatic nitrogens is 2. The van der Waals surface area contributed by atoms with E-state index in [-0.39, 0.29) is 11.9 Å². The summed E-state index contributed by atoms with van der Waals surface area (Å²) in [5.41, 5.74) is 6.37. The Morgan fingerprint density at radius 3 is 2.89 bits per heavy atom. The van der Waals surface area contributed by atoms with Gasteiger partial charge in [-0.05, 0) is 13.0 Å². The number of nitrogens with two attached hydrogens (primary N) is 1. The molecule has 2 N–H and O–H groups in total. The summed E-state index contributed by atoms with van der Waals surface area (Å²) < 4.78 is 20.8. The Balaban J connectivity index is 2.19. The molecule has 0 aliphatic rings. The van der Waals surface area contributed by atoms with Crippen LogP contribution in [0.15, 0.2) is 30.6 Å². The highest BCUT2D eigenvalue weighted by molar-refractivity contribution is 5.29. The van der Waals surface area contributed by atoms with Crippen LogP contribution in [-0.4, -0.2) is 22.7 Å². The van der Waals surface area contributed by atoms with Gasteiger partial charge in [0.25, 0.3) is 0 Å². The van der Waals surface area contributed by atoms with E-state index in [1.807, 2.05) is 17.7 Å². The second kappa shape index (κ2) is 5.84. The molecule has 1 unspecified atom stereocenters. The second-order valence-electron chi connectivity index (χ2n) is 4.61. The van der Waals surface area contributed by atoms with E-state index < -0.39 is 0 Å². The molecule has 102 valence electrons. The molecule has 0 aliphatic heterocycles. The fourth-order valence-corrected chi connectivity index (χ4v) is 1.93. The van der Waals surface area contributed by atoms with Crippen LogP contribution in [0.2, 0.25) is 0 Å². The van der Waals surface area contributed by atoms with Gasteiger partial charge < -0.3 is 15.0 Å². The Morgan fingerprint density at radius 2 is 2.26 bits per heavy atom. The molecule has 0 amide bonds. The standard InChI is InChI=1S/C14H18FN3O/c1-10(16)7-14-17-5-6-18(14)9-11-3-4-12(19-2)8-13(11)15/h3-6,8,10H,7,9,16H2,1-2H3. The van der Waals surface area contributed by atoms with Gasteiger partial charge in [0.2, 0.25) is 0 Å². The zero-order valence-electron chi connectivity index (χ0n) is 11.1. The predicted molar refractivity (Wildman–Crippen MR) is 71.6 cm³/mol. The van der Waals surface area contributed by atoms with Gasteiger partial charge in [-0.25, -0.2) is 9.37 Å². The number of halogens is 1. The summed E-state index contributed by atoms with van der Waals surface area (Å²) >= 11 is 0. The van der Waals surface area contributed by atoms with Crippen LogP contribution in [0.1, 0.15) is 18.3 Å². The van der Waals surface area contributed by atoms with Gasteiger partial charge in [-0.1, -0.05) is 6.07 Å². The maximum absolute atomic E-state index is 13.9. The Morgan fingerprint density at radius 1 is 1.47 bits per heavy atom. The third-order valence-electron chi connectivity index (χ3n) is 2.91. The van der Waals surface area contributed by atoms with Crippen molar-refractivity contribution in [1.82, 2.24) is 9.55 Å². The Hall–Kier alpha value is -1.88. The van der Waals surface area contributed by atoms with Crippen molar-refractivity contribution < 1.29 is 9.13 Å². The van der Waals surface area contributed by atoms with Crippen LogP contribution in [0.3, 0.4) is 0 Å². The number of ether oxygens (including phenoxy) is 1. The van der Waals surface area contributed by atoms with Crippen molar-refractivity contribution in [1.29, 1.82) is 0 Å². The molecule has 4 nitrogen and oxygen atoms in total. The van der Waals surface area contributed by atoms with Crippen molar-refractivity contribution in [2.24, 2.45) is 5.73 Å². The zero-order chi connectivity index (χ0) is 13.8. The van der Waals surface area contributed by atoms with E-state index in [4.69, 9.17) is 10.5 Å². The summed E-state index contributed by atoms with van der Waals surface area (Å²) in [6.07, 6.45) is 4.21. The average molecular weight is 263 g/mol. The third-order valence-corrected chi connectivity index (χ3v) is 2.91. The molecule has 0 aliphatic carbocycles. The minimum absolute atomic E-state index is 0.0295. The molecule has 0 bridgehead atoms. The average Bonchev–Trinajstić information content (AvgIpc) is 2.78. The molecule has 0 radical (unpaired) electrons. The van der Waals surface area contributed by atoms with Gasteiger partial charge in [-0.3, -0.25) is 0 Å². The summed E-state index contributed by atoms with van der Waals surface area (Å²) in [5, 5.41) is 0. The SMILES string of the molecule is COc1ccc(Cn2ccnc2CC(C)N)c(F)c1. The first-order valence-electron chi connectivity index (χ1n) is 6.18. The number of rotatable bonds is 5. The molecule has 0 saturated heterocycles. The van der Waals surface area contributed by atoms with Crippen molar-refractivity contribution in [3.63, 3.8) is 0 Å². The van der Waals surface area contributed by atoms with Crippen LogP contribution in [0.5, 0.6) is 5.75 Å². The lowest BCUT2D eigenvalue weighted by Crippen LogP contribution is -2.20. The van der Waals surface area contributed by atoms with Gasteiger partial charge in [-0.2, -0.15) is 0 Å². The van der Waals surface area contributed by atoms with Crippen molar-refractivity contribution in [2.75, 3.05) is 7.11 Å². The summed E-state index contributed by atoms with van der Waals surface area (Å²) in [4.78, 5) is 4.25. The molecule has 0 saturated carbocycles. The molecule has 19 heavy (non-hydrogen) atoms. The fourth-order valence-electron chi connectivity index (χ4n) is 1.93. The molecule has 1 heterocycles. The van der Waals surface area contributed by atoms with Gasteiger partial charge in [0, 0.05) is 36.5 Å². The third kappa shape index (κ3) is 3.32. The van der Waals surface area contributed by atoms with E-state index in [1.54, 1.807) is 18.3 Å². The molecule has 1 atom stereocenters. The molecule has 0 spiro atoms. The van der Waals surface area contributed by atoms with Gasteiger partial charge in [-0.15, -0.1) is 0 Å². The maximum Gasteiger partial charge on any atom is 0.131 e. The predicted octanol–water partition coefficient (Wildman–Crippen LogP) is 1.97. The number of nitrogens with zero attached hydrogens (tertiary/aromatic N) is 2. The van der Waals surface area contributed by atoms with Crippen LogP contribution in [0.4, 0.5) is 4.39 Å². The van der Waals surface area contributed by atoms with Crippen LogP contribution >= 0.6 is 0 Å². The van der Waals surface area contributed by atoms with E-state index in [2.05, 4.69) is 4.98 Å². The van der Waals surface area contributed by atoms with Crippen LogP contribution in [-0.2, 0) is 13.0 Å². The van der Waals surface area contributed by atoms with Crippen molar-refractivity contribution in [3.8, 4) is 5.75 Å². The molecular formula is C14H18FN3O. The second-order valence-corrected chi connectivity index (χ2v) is 4.61. The van der Waals surface area contributed by atoms with E-state index in [9.17, 15) is 4.39 Å². The van der Waals surface area contributed by atoms with E-state index >= 15 is 0 Å². The summed E-state index contributed by atoms with van der Waals surface area (Å²) in [5.74, 6) is 1.10. The zero-order valence-corrected chi connectivity index (χ0v) is 11.1. The lowest BCUT2D eigenvalue weighted by atomic mass is 10.2. The lowest BCUT2D eigenvalue weighted by Gasteiger charge is -2.11. The van der Waals surface area contributed by atoms with Gasteiger partial charge in [0.05, 0.1) is 13.7 Å². The van der Waals surface area contributed by atoms with Crippen LogP contribution < -0.4 is 10.5 Å². The number of hydrogen-bond acceptors (Lipinski definition) is 3. The highest BCUT2D eigenvalue weighted by atomic mass is 19.1. The number of benzene rings is 1. The summed E-state index contributed by atoms with van der Waals surface area (Å²) in [7, 11) is 1.52. The van der Waals surface area contributed by atoms with E-state index in [0.29, 0.717) is 24.3 Å². The number of imidazole rings is 1. The highest BCUT2D eigenvalue weighted by Crippen LogP contribution is 2.17. The molecular weight excluding hydrogens is 245 g/mol. The Bertz CT molecular complexity index is 551. The maximum atomic E-state index is 13.9. The first kappa shape index (κ1) is 13.5. The monoisotopic (exact) mass is 263 g/mol. The van der Waals surface area contributed by atoms with E-state index in [0.717, 1.165) is 5.82 Å². The summed E-state index contributed by atoms with van der Waals surface area (Å²) in [6.45, 7) is 2.37. The van der Waals surface area contributed by atoms with Crippen molar-refractivity contribution >= 4 is 0 Å². The molecule has 1 aromatic heterocycles. The van der Waals surface area contributed by atoms with Gasteiger partial charge in [0.1, 0.15) is 17.4 Å². The first-order valence-corrected chi connectivity index (χ1v) is 6.18. The number of methoxy groups -OCH3 is 1. The molecule has 1 aromatic carbocycles. The van der Waals surface area contributed by atoms with Gasteiger partial charge >= 0.3 is 0 Å². The van der Waals surface area contributed by atoms with E-state index in [1.165, 1.54) is 13.2 Å². The quantitative estimate of drug-likeness (QED) is 0.897. The van der Waals surface area contributed by atoms with Gasteiger partial charge in [0.15, 0.2) is 0 Å². The van der Waals surface area contributed by atoms with Crippen molar-refractivity contribution in [2.45, 2.75) is 25.9 Å². The highest BCUT2D eigenvalue weighted by Gasteiger charge is 2.09. The largest absolute Gasteiger partial charge is 0.497 e. The number of hydrogen-bond donors (Lipinski definition) is 1. The lowest BCUT2D eigenvalue weighted by molar-refractivity contribution is 0.410. The molecule has 5 heteroatoms. The molecule has 2 aromatic rings. The summed E-state index contributed by atoms with van der Waals surface area (Å²) in [6, 6.07) is 4.89. The topological polar surface area (TPSA) is 53.1 Å². The molecule has 0 fully saturated rings. The first-order chi connectivity index (χ1) is 9.10. The smallest absolute Gasteiger partial charge is 0.131 e. The molecule has 2 rings (SSSR count). The van der Waals surface area contributed by atoms with Crippen LogP contribution in [0.25, 0.3) is 0 Å². The Kier molecular flexibility index (Phi) is 4.16. The fraction of sp³-hybridized carbons (Fsp3) is 0.357. The normalized spacial score (nSPS) is 12.4. The van der Waals surface area contributed by atoms with Crippen molar-refractivity contribution in [3.05, 3.63) is 47.8 Å². The van der Waals surface area contributed by atoms with Crippen LogP contribution in [0, 0.1) is 5.82 Å². The minimum Gasteiger partial charge on any atom is -0.497 e. The minimum atomic E-state index is -0.278. The Labute approximate surface area is 112 Å².